The van der Waals surface area contributed by atoms with Gasteiger partial charge in [0.15, 0.2) is 0 Å². The molecule has 0 aliphatic rings. The minimum Gasteiger partial charge on any atom is -0.313 e. The zero-order chi connectivity index (χ0) is 11.4. The molecule has 4 heteroatoms. The van der Waals surface area contributed by atoms with E-state index in [0.29, 0.717) is 13.0 Å². The van der Waals surface area contributed by atoms with E-state index in [2.05, 4.69) is 16.4 Å². The number of aryl methyl sites for hydroxylation is 1. The van der Waals surface area contributed by atoms with E-state index in [1.165, 1.54) is 4.70 Å². The van der Waals surface area contributed by atoms with Crippen LogP contribution < -0.4 is 5.32 Å². The highest BCUT2D eigenvalue weighted by Crippen LogP contribution is 2.22. The van der Waals surface area contributed by atoms with Gasteiger partial charge in [0.2, 0.25) is 0 Å². The van der Waals surface area contributed by atoms with Crippen LogP contribution in [0.3, 0.4) is 0 Å². The van der Waals surface area contributed by atoms with Crippen molar-refractivity contribution in [2.24, 2.45) is 0 Å². The van der Waals surface area contributed by atoms with Crippen LogP contribution in [0.1, 0.15) is 11.4 Å². The number of nitrogens with zero attached hydrogens (tertiary/aromatic N) is 1. The van der Waals surface area contributed by atoms with Crippen molar-refractivity contribution in [2.75, 3.05) is 13.6 Å². The maximum Gasteiger partial charge on any atom is 0.147 e. The predicted octanol–water partition coefficient (Wildman–Crippen LogP) is 2.02. The number of fused-ring (bicyclic) bond motifs is 1. The van der Waals surface area contributed by atoms with E-state index in [9.17, 15) is 4.79 Å². The molecule has 1 heterocycles. The highest BCUT2D eigenvalue weighted by molar-refractivity contribution is 7.18. The second kappa shape index (κ2) is 5.18. The van der Waals surface area contributed by atoms with E-state index in [1.807, 2.05) is 18.2 Å². The van der Waals surface area contributed by atoms with Gasteiger partial charge in [0.1, 0.15) is 5.78 Å². The van der Waals surface area contributed by atoms with Crippen LogP contribution in [-0.4, -0.2) is 24.4 Å². The van der Waals surface area contributed by atoms with Gasteiger partial charge in [-0.1, -0.05) is 12.1 Å². The molecule has 1 aromatic heterocycles. The highest BCUT2D eigenvalue weighted by Gasteiger charge is 2.05. The predicted molar refractivity (Wildman–Crippen MR) is 66.9 cm³/mol. The highest BCUT2D eigenvalue weighted by atomic mass is 32.1. The summed E-state index contributed by atoms with van der Waals surface area (Å²) in [5.41, 5.74) is 1.03. The molecule has 0 aliphatic heterocycles. The Kier molecular flexibility index (Phi) is 3.64. The number of aromatic nitrogens is 1. The van der Waals surface area contributed by atoms with Crippen molar-refractivity contribution in [3.05, 3.63) is 29.3 Å². The van der Waals surface area contributed by atoms with E-state index < -0.39 is 0 Å². The number of rotatable bonds is 5. The molecule has 0 saturated carbocycles. The third-order valence-corrected chi connectivity index (χ3v) is 3.43. The number of carbonyl (C=O) groups excluding carboxylic acids is 1. The summed E-state index contributed by atoms with van der Waals surface area (Å²) in [6, 6.07) is 8.06. The third-order valence-electron chi connectivity index (χ3n) is 2.33. The van der Waals surface area contributed by atoms with E-state index in [-0.39, 0.29) is 5.78 Å². The third kappa shape index (κ3) is 2.65. The fraction of sp³-hybridized carbons (Fsp3) is 0.333. The van der Waals surface area contributed by atoms with Crippen LogP contribution in [-0.2, 0) is 11.2 Å². The van der Waals surface area contributed by atoms with Crippen molar-refractivity contribution in [1.82, 2.24) is 10.3 Å². The Morgan fingerprint density at radius 3 is 3.00 bits per heavy atom. The van der Waals surface area contributed by atoms with Gasteiger partial charge in [-0.05, 0) is 19.2 Å². The second-order valence-corrected chi connectivity index (χ2v) is 4.76. The number of hydrogen-bond donors (Lipinski definition) is 1. The minimum absolute atomic E-state index is 0.238. The zero-order valence-electron chi connectivity index (χ0n) is 9.19. The summed E-state index contributed by atoms with van der Waals surface area (Å²) in [5.74, 6) is 0.238. The van der Waals surface area contributed by atoms with Gasteiger partial charge in [-0.15, -0.1) is 11.3 Å². The molecule has 0 saturated heterocycles. The fourth-order valence-electron chi connectivity index (χ4n) is 1.56. The standard InChI is InChI=1S/C12H14N2OS/c1-13-8-9(15)6-7-12-14-10-4-2-3-5-11(10)16-12/h2-5,13H,6-8H2,1H3. The lowest BCUT2D eigenvalue weighted by Gasteiger charge is -1.96. The van der Waals surface area contributed by atoms with Gasteiger partial charge >= 0.3 is 0 Å². The Bertz CT molecular complexity index is 459. The Labute approximate surface area is 98.5 Å². The van der Waals surface area contributed by atoms with Gasteiger partial charge in [0.05, 0.1) is 21.8 Å². The van der Waals surface area contributed by atoms with E-state index >= 15 is 0 Å². The normalized spacial score (nSPS) is 10.8. The van der Waals surface area contributed by atoms with Crippen molar-refractivity contribution in [3.8, 4) is 0 Å². The first kappa shape index (κ1) is 11.2. The monoisotopic (exact) mass is 234 g/mol. The average molecular weight is 234 g/mol. The zero-order valence-corrected chi connectivity index (χ0v) is 10.0. The van der Waals surface area contributed by atoms with Gasteiger partial charge in [0.25, 0.3) is 0 Å². The van der Waals surface area contributed by atoms with Crippen LogP contribution >= 0.6 is 11.3 Å². The van der Waals surface area contributed by atoms with Crippen LogP contribution in [0, 0.1) is 0 Å². The first-order valence-corrected chi connectivity index (χ1v) is 6.12. The van der Waals surface area contributed by atoms with Crippen LogP contribution in [0.15, 0.2) is 24.3 Å². The molecule has 0 bridgehead atoms. The topological polar surface area (TPSA) is 42.0 Å². The summed E-state index contributed by atoms with van der Waals surface area (Å²) >= 11 is 1.67. The number of benzene rings is 1. The van der Waals surface area contributed by atoms with Crippen LogP contribution in [0.5, 0.6) is 0 Å². The summed E-state index contributed by atoms with van der Waals surface area (Å²) in [7, 11) is 1.79. The molecule has 16 heavy (non-hydrogen) atoms. The van der Waals surface area contributed by atoms with Gasteiger partial charge < -0.3 is 5.32 Å². The van der Waals surface area contributed by atoms with Crippen LogP contribution in [0.25, 0.3) is 10.2 Å². The molecule has 0 radical (unpaired) electrons. The first-order chi connectivity index (χ1) is 7.79. The molecule has 0 unspecified atom stereocenters. The SMILES string of the molecule is CNCC(=O)CCc1nc2ccccc2s1. The molecule has 0 atom stereocenters. The summed E-state index contributed by atoms with van der Waals surface area (Å²) in [6.45, 7) is 0.449. The summed E-state index contributed by atoms with van der Waals surface area (Å²) < 4.78 is 1.19. The lowest BCUT2D eigenvalue weighted by Crippen LogP contribution is -2.18. The molecule has 1 N–H and O–H groups in total. The molecule has 2 aromatic rings. The number of hydrogen-bond acceptors (Lipinski definition) is 4. The number of carbonyl (C=O) groups is 1. The van der Waals surface area contributed by atoms with E-state index in [1.54, 1.807) is 18.4 Å². The number of likely N-dealkylation sites (N-methyl/N-ethyl adjacent to an activating group) is 1. The quantitative estimate of drug-likeness (QED) is 0.860. The lowest BCUT2D eigenvalue weighted by atomic mass is 10.2. The van der Waals surface area contributed by atoms with Crippen molar-refractivity contribution in [2.45, 2.75) is 12.8 Å². The molecule has 2 rings (SSSR count). The molecule has 1 aromatic carbocycles. The molecule has 0 aliphatic carbocycles. The number of thiazole rings is 1. The molecular weight excluding hydrogens is 220 g/mol. The second-order valence-electron chi connectivity index (χ2n) is 3.64. The Morgan fingerprint density at radius 1 is 1.44 bits per heavy atom. The van der Waals surface area contributed by atoms with Crippen LogP contribution in [0.4, 0.5) is 0 Å². The van der Waals surface area contributed by atoms with Crippen molar-refractivity contribution >= 4 is 27.3 Å². The molecule has 0 fully saturated rings. The van der Waals surface area contributed by atoms with E-state index in [0.717, 1.165) is 16.9 Å². The summed E-state index contributed by atoms with van der Waals surface area (Å²) in [5, 5.41) is 3.91. The van der Waals surface area contributed by atoms with E-state index in [4.69, 9.17) is 0 Å². The number of ketones is 1. The van der Waals surface area contributed by atoms with Crippen LogP contribution in [0.2, 0.25) is 0 Å². The van der Waals surface area contributed by atoms with Gasteiger partial charge in [-0.3, -0.25) is 4.79 Å². The smallest absolute Gasteiger partial charge is 0.147 e. The fourth-order valence-corrected chi connectivity index (χ4v) is 2.53. The molecule has 0 spiro atoms. The molecule has 0 amide bonds. The van der Waals surface area contributed by atoms with Crippen molar-refractivity contribution in [1.29, 1.82) is 0 Å². The Balaban J connectivity index is 2.02. The Hall–Kier alpha value is -1.26. The molecule has 3 nitrogen and oxygen atoms in total. The number of nitrogens with one attached hydrogen (secondary N) is 1. The summed E-state index contributed by atoms with van der Waals surface area (Å²) in [6.07, 6.45) is 1.32. The van der Waals surface area contributed by atoms with Gasteiger partial charge in [-0.25, -0.2) is 4.98 Å². The molecule has 84 valence electrons. The number of para-hydroxylation sites is 1. The van der Waals surface area contributed by atoms with Gasteiger partial charge in [-0.2, -0.15) is 0 Å². The average Bonchev–Trinajstić information content (AvgIpc) is 2.69. The maximum atomic E-state index is 11.3. The largest absolute Gasteiger partial charge is 0.313 e. The first-order valence-electron chi connectivity index (χ1n) is 5.30. The number of Topliss-reactive ketones (excluding diaryl/α,β-unsaturated/α-hetero) is 1. The summed E-state index contributed by atoms with van der Waals surface area (Å²) in [4.78, 5) is 15.8. The van der Waals surface area contributed by atoms with Gasteiger partial charge in [0, 0.05) is 12.8 Å². The van der Waals surface area contributed by atoms with Crippen molar-refractivity contribution in [3.63, 3.8) is 0 Å². The van der Waals surface area contributed by atoms with Crippen molar-refractivity contribution < 1.29 is 4.79 Å². The lowest BCUT2D eigenvalue weighted by molar-refractivity contribution is -0.118. The maximum absolute atomic E-state index is 11.3. The Morgan fingerprint density at radius 2 is 2.25 bits per heavy atom. The molecular formula is C12H14N2OS. The minimum atomic E-state index is 0.238.